The average Bonchev–Trinajstić information content (AvgIpc) is 2.14. The van der Waals surface area contributed by atoms with E-state index >= 15 is 0 Å². The molecule has 0 amide bonds. The molecule has 0 aromatic heterocycles. The molecule has 3 heteroatoms. The molecule has 1 rings (SSSR count). The molecule has 7 heavy (non-hydrogen) atoms. The van der Waals surface area contributed by atoms with Crippen LogP contribution in [0.1, 0.15) is 0 Å². The number of nitrogens with one attached hydrogen (secondary N) is 1. The summed E-state index contributed by atoms with van der Waals surface area (Å²) in [4.78, 5) is 0. The van der Waals surface area contributed by atoms with Crippen LogP contribution in [0.5, 0.6) is 0 Å². The maximum atomic E-state index is 5.29. The Hall–Kier alpha value is -0.120. The highest BCUT2D eigenvalue weighted by Crippen LogP contribution is 1.89. The van der Waals surface area contributed by atoms with Gasteiger partial charge in [0.15, 0.2) is 0 Å². The first kappa shape index (κ1) is 5.03. The Morgan fingerprint density at radius 1 is 1.86 bits per heavy atom. The lowest BCUT2D eigenvalue weighted by atomic mass is 10.3. The number of hydrogen-bond acceptors (Lipinski definition) is 3. The summed E-state index contributed by atoms with van der Waals surface area (Å²) in [7, 11) is 0. The average molecular weight is 102 g/mol. The molecule has 1 atom stereocenters. The Balaban J connectivity index is 2.14. The highest BCUT2D eigenvalue weighted by molar-refractivity contribution is 4.68. The molecule has 0 aromatic rings. The quantitative estimate of drug-likeness (QED) is 0.441. The van der Waals surface area contributed by atoms with E-state index in [2.05, 4.69) is 5.32 Å². The summed E-state index contributed by atoms with van der Waals surface area (Å²) in [6.07, 6.45) is 0. The van der Waals surface area contributed by atoms with Crippen LogP contribution < -0.4 is 11.1 Å². The fourth-order valence-electron chi connectivity index (χ4n) is 0.588. The highest BCUT2D eigenvalue weighted by atomic mass is 16.5. The first-order chi connectivity index (χ1) is 3.43. The zero-order valence-corrected chi connectivity index (χ0v) is 4.18. The van der Waals surface area contributed by atoms with E-state index in [4.69, 9.17) is 10.5 Å². The molecule has 0 aliphatic carbocycles. The summed E-state index contributed by atoms with van der Waals surface area (Å²) in [5.41, 5.74) is 5.29. The molecule has 1 aliphatic rings. The molecule has 42 valence electrons. The SMILES string of the molecule is NC[C@H]1COCN1. The van der Waals surface area contributed by atoms with Crippen LogP contribution in [0.15, 0.2) is 0 Å². The minimum atomic E-state index is 0.403. The fraction of sp³-hybridized carbons (Fsp3) is 1.00. The van der Waals surface area contributed by atoms with E-state index in [1.807, 2.05) is 0 Å². The van der Waals surface area contributed by atoms with Gasteiger partial charge in [0, 0.05) is 12.6 Å². The van der Waals surface area contributed by atoms with Crippen LogP contribution in [0.3, 0.4) is 0 Å². The van der Waals surface area contributed by atoms with Crippen molar-refractivity contribution in [3.05, 3.63) is 0 Å². The molecule has 1 saturated heterocycles. The van der Waals surface area contributed by atoms with Crippen LogP contribution in [0.2, 0.25) is 0 Å². The normalized spacial score (nSPS) is 31.3. The van der Waals surface area contributed by atoms with Crippen molar-refractivity contribution in [2.45, 2.75) is 6.04 Å². The third-order valence-corrected chi connectivity index (χ3v) is 1.08. The molecule has 1 aliphatic heterocycles. The van der Waals surface area contributed by atoms with E-state index in [-0.39, 0.29) is 0 Å². The summed E-state index contributed by atoms with van der Waals surface area (Å²) < 4.78 is 4.96. The zero-order chi connectivity index (χ0) is 5.11. The van der Waals surface area contributed by atoms with Gasteiger partial charge in [0.05, 0.1) is 13.3 Å². The summed E-state index contributed by atoms with van der Waals surface area (Å²) in [5.74, 6) is 0. The lowest BCUT2D eigenvalue weighted by Gasteiger charge is -1.99. The van der Waals surface area contributed by atoms with Gasteiger partial charge in [0.1, 0.15) is 0 Å². The van der Waals surface area contributed by atoms with Gasteiger partial charge in [-0.1, -0.05) is 0 Å². The minimum absolute atomic E-state index is 0.403. The van der Waals surface area contributed by atoms with Gasteiger partial charge < -0.3 is 10.5 Å². The number of rotatable bonds is 1. The topological polar surface area (TPSA) is 47.3 Å². The molecule has 0 aromatic carbocycles. The Bertz CT molecular complexity index is 51.7. The molecule has 0 bridgehead atoms. The van der Waals surface area contributed by atoms with Crippen molar-refractivity contribution in [3.63, 3.8) is 0 Å². The molecular weight excluding hydrogens is 92.1 g/mol. The molecule has 1 heterocycles. The van der Waals surface area contributed by atoms with Gasteiger partial charge in [-0.2, -0.15) is 0 Å². The van der Waals surface area contributed by atoms with E-state index in [0.717, 1.165) is 6.61 Å². The molecule has 0 radical (unpaired) electrons. The molecule has 3 nitrogen and oxygen atoms in total. The van der Waals surface area contributed by atoms with E-state index in [1.165, 1.54) is 0 Å². The monoisotopic (exact) mass is 102 g/mol. The van der Waals surface area contributed by atoms with Crippen molar-refractivity contribution < 1.29 is 4.74 Å². The third kappa shape index (κ3) is 1.12. The van der Waals surface area contributed by atoms with Crippen LogP contribution in [0, 0.1) is 0 Å². The summed E-state index contributed by atoms with van der Waals surface area (Å²) in [6.45, 7) is 2.12. The van der Waals surface area contributed by atoms with Gasteiger partial charge in [0.25, 0.3) is 0 Å². The second-order valence-electron chi connectivity index (χ2n) is 1.65. The van der Waals surface area contributed by atoms with Crippen LogP contribution >= 0.6 is 0 Å². The molecule has 1 fully saturated rings. The molecule has 0 saturated carbocycles. The van der Waals surface area contributed by atoms with Crippen molar-refractivity contribution in [1.29, 1.82) is 0 Å². The smallest absolute Gasteiger partial charge is 0.0969 e. The van der Waals surface area contributed by atoms with Crippen molar-refractivity contribution in [2.24, 2.45) is 5.73 Å². The second-order valence-corrected chi connectivity index (χ2v) is 1.65. The Morgan fingerprint density at radius 3 is 3.00 bits per heavy atom. The van der Waals surface area contributed by atoms with Gasteiger partial charge in [-0.15, -0.1) is 0 Å². The van der Waals surface area contributed by atoms with Crippen molar-refractivity contribution >= 4 is 0 Å². The fourth-order valence-corrected chi connectivity index (χ4v) is 0.588. The minimum Gasteiger partial charge on any atom is -0.365 e. The number of ether oxygens (including phenoxy) is 1. The van der Waals surface area contributed by atoms with Crippen LogP contribution in [-0.4, -0.2) is 25.9 Å². The lowest BCUT2D eigenvalue weighted by Crippen LogP contribution is -2.31. The highest BCUT2D eigenvalue weighted by Gasteiger charge is 2.10. The van der Waals surface area contributed by atoms with Crippen molar-refractivity contribution in [2.75, 3.05) is 19.9 Å². The summed E-state index contributed by atoms with van der Waals surface area (Å²) in [5, 5.41) is 3.06. The van der Waals surface area contributed by atoms with E-state index in [0.29, 0.717) is 19.3 Å². The van der Waals surface area contributed by atoms with Crippen LogP contribution in [0.25, 0.3) is 0 Å². The van der Waals surface area contributed by atoms with Gasteiger partial charge >= 0.3 is 0 Å². The largest absolute Gasteiger partial charge is 0.365 e. The predicted molar refractivity (Wildman–Crippen MR) is 26.8 cm³/mol. The van der Waals surface area contributed by atoms with Crippen molar-refractivity contribution in [1.82, 2.24) is 5.32 Å². The molecule has 0 unspecified atom stereocenters. The van der Waals surface area contributed by atoms with Gasteiger partial charge in [-0.3, -0.25) is 5.32 Å². The maximum Gasteiger partial charge on any atom is 0.0969 e. The molecule has 0 spiro atoms. The van der Waals surface area contributed by atoms with E-state index in [9.17, 15) is 0 Å². The van der Waals surface area contributed by atoms with Crippen LogP contribution in [0.4, 0.5) is 0 Å². The third-order valence-electron chi connectivity index (χ3n) is 1.08. The Morgan fingerprint density at radius 2 is 2.71 bits per heavy atom. The number of nitrogens with two attached hydrogens (primary N) is 1. The predicted octanol–water partition coefficient (Wildman–Crippen LogP) is -1.11. The summed E-state index contributed by atoms with van der Waals surface area (Å²) >= 11 is 0. The Kier molecular flexibility index (Phi) is 1.62. The molecular formula is C4H10N2O. The first-order valence-corrected chi connectivity index (χ1v) is 2.44. The van der Waals surface area contributed by atoms with E-state index < -0.39 is 0 Å². The van der Waals surface area contributed by atoms with Gasteiger partial charge in [-0.05, 0) is 0 Å². The van der Waals surface area contributed by atoms with E-state index in [1.54, 1.807) is 0 Å². The zero-order valence-electron chi connectivity index (χ0n) is 4.18. The lowest BCUT2D eigenvalue weighted by molar-refractivity contribution is 0.190. The summed E-state index contributed by atoms with van der Waals surface area (Å²) in [6, 6.07) is 0.403. The van der Waals surface area contributed by atoms with Crippen LogP contribution in [-0.2, 0) is 4.74 Å². The second kappa shape index (κ2) is 2.26. The van der Waals surface area contributed by atoms with Gasteiger partial charge in [0.2, 0.25) is 0 Å². The van der Waals surface area contributed by atoms with Crippen molar-refractivity contribution in [3.8, 4) is 0 Å². The standard InChI is InChI=1S/C4H10N2O/c5-1-4-2-7-3-6-4/h4,6H,1-3,5H2/t4-/m0/s1. The molecule has 3 N–H and O–H groups in total. The Labute approximate surface area is 42.8 Å². The van der Waals surface area contributed by atoms with Gasteiger partial charge in [-0.25, -0.2) is 0 Å². The maximum absolute atomic E-state index is 5.29. The number of hydrogen-bond donors (Lipinski definition) is 2. The first-order valence-electron chi connectivity index (χ1n) is 2.44.